The summed E-state index contributed by atoms with van der Waals surface area (Å²) in [6, 6.07) is 3.45. The smallest absolute Gasteiger partial charge is 0.342 e. The van der Waals surface area contributed by atoms with Gasteiger partial charge < -0.3 is 10.8 Å². The number of aromatic nitrogens is 4. The van der Waals surface area contributed by atoms with Crippen LogP contribution in [0.15, 0.2) is 18.5 Å². The number of anilines is 1. The molecule has 3 aromatic rings. The van der Waals surface area contributed by atoms with Crippen LogP contribution in [0.1, 0.15) is 5.56 Å². The molecule has 0 atom stereocenters. The van der Waals surface area contributed by atoms with Crippen LogP contribution in [0.5, 0.6) is 5.75 Å². The lowest BCUT2D eigenvalue weighted by Crippen LogP contribution is -2.18. The van der Waals surface area contributed by atoms with E-state index in [4.69, 9.17) is 5.73 Å². The quantitative estimate of drug-likeness (QED) is 0.338. The van der Waals surface area contributed by atoms with E-state index in [1.807, 2.05) is 6.92 Å². The predicted octanol–water partition coefficient (Wildman–Crippen LogP) is 0.868. The molecule has 0 unspecified atom stereocenters. The zero-order chi connectivity index (χ0) is 12.0. The molecule has 0 bridgehead atoms. The third kappa shape index (κ3) is 1.51. The highest BCUT2D eigenvalue weighted by atomic mass is 32.1. The average molecular weight is 248 g/mol. The van der Waals surface area contributed by atoms with Gasteiger partial charge in [0.05, 0.1) is 5.56 Å². The maximum absolute atomic E-state index is 10.0. The maximum Gasteiger partial charge on any atom is 0.342 e. The van der Waals surface area contributed by atoms with Gasteiger partial charge in [-0.15, -0.1) is 5.10 Å². The van der Waals surface area contributed by atoms with Crippen molar-refractivity contribution in [3.05, 3.63) is 24.0 Å². The van der Waals surface area contributed by atoms with Gasteiger partial charge in [0, 0.05) is 10.8 Å². The molecule has 0 aliphatic rings. The van der Waals surface area contributed by atoms with Crippen LogP contribution in [0.4, 0.5) is 5.69 Å². The lowest BCUT2D eigenvalue weighted by molar-refractivity contribution is -0.575. The molecule has 0 amide bonds. The normalized spacial score (nSPS) is 11.1. The van der Waals surface area contributed by atoms with Crippen molar-refractivity contribution in [2.24, 2.45) is 0 Å². The fourth-order valence-corrected chi connectivity index (χ4v) is 2.53. The Kier molecular flexibility index (Phi) is 2.02. The number of aryl methyl sites for hydroxylation is 1. The molecule has 3 rings (SSSR count). The van der Waals surface area contributed by atoms with Gasteiger partial charge in [-0.2, -0.15) is 0 Å². The lowest BCUT2D eigenvalue weighted by atomic mass is 10.1. The molecule has 0 radical (unpaired) electrons. The Morgan fingerprint density at radius 1 is 1.47 bits per heavy atom. The lowest BCUT2D eigenvalue weighted by Gasteiger charge is -2.05. The topological polar surface area (TPSA) is 91.9 Å². The minimum Gasteiger partial charge on any atom is -0.507 e. The van der Waals surface area contributed by atoms with Crippen LogP contribution >= 0.6 is 11.3 Å². The highest BCUT2D eigenvalue weighted by molar-refractivity contribution is 7.19. The van der Waals surface area contributed by atoms with Crippen LogP contribution in [0.25, 0.3) is 15.5 Å². The van der Waals surface area contributed by atoms with Gasteiger partial charge in [0.1, 0.15) is 5.75 Å². The number of benzene rings is 1. The van der Waals surface area contributed by atoms with E-state index in [-0.39, 0.29) is 5.75 Å². The number of rotatable bonds is 1. The predicted molar refractivity (Wildman–Crippen MR) is 63.7 cm³/mol. The van der Waals surface area contributed by atoms with Gasteiger partial charge in [-0.1, -0.05) is 9.61 Å². The van der Waals surface area contributed by atoms with Gasteiger partial charge in [-0.05, 0) is 36.0 Å². The standard InChI is InChI=1S/C10H9N5OS/c1-5-2-6(11)3-7(8(5)16)9-14-15-4-12-13-10(15)17-9/h2-4H,11H2,1H3,(H,14,16)/p+1. The minimum absolute atomic E-state index is 0.212. The van der Waals surface area contributed by atoms with Crippen LogP contribution in [0, 0.1) is 6.92 Å². The zero-order valence-corrected chi connectivity index (χ0v) is 9.82. The van der Waals surface area contributed by atoms with Crippen LogP contribution in [0.2, 0.25) is 0 Å². The Morgan fingerprint density at radius 2 is 2.29 bits per heavy atom. The molecule has 0 saturated carbocycles. The Hall–Kier alpha value is -2.15. The van der Waals surface area contributed by atoms with Gasteiger partial charge in [-0.25, -0.2) is 0 Å². The number of hydrogen-bond donors (Lipinski definition) is 3. The molecule has 0 fully saturated rings. The third-order valence-electron chi connectivity index (χ3n) is 2.48. The summed E-state index contributed by atoms with van der Waals surface area (Å²) in [6.45, 7) is 1.81. The molecular weight excluding hydrogens is 238 g/mol. The first-order valence-electron chi connectivity index (χ1n) is 4.96. The second kappa shape index (κ2) is 3.42. The zero-order valence-electron chi connectivity index (χ0n) is 9.01. The van der Waals surface area contributed by atoms with Gasteiger partial charge >= 0.3 is 4.96 Å². The molecule has 0 spiro atoms. The Bertz CT molecular complexity index is 673. The highest BCUT2D eigenvalue weighted by Gasteiger charge is 2.16. The Balaban J connectivity index is 2.24. The number of nitrogens with one attached hydrogen (secondary N) is 1. The van der Waals surface area contributed by atoms with Gasteiger partial charge in [0.2, 0.25) is 0 Å². The molecule has 0 aliphatic heterocycles. The first-order valence-corrected chi connectivity index (χ1v) is 5.78. The van der Waals surface area contributed by atoms with Crippen molar-refractivity contribution in [2.75, 3.05) is 5.73 Å². The average Bonchev–Trinajstić information content (AvgIpc) is 2.83. The van der Waals surface area contributed by atoms with E-state index in [2.05, 4.69) is 15.3 Å². The second-order valence-electron chi connectivity index (χ2n) is 3.75. The molecule has 86 valence electrons. The van der Waals surface area contributed by atoms with Crippen molar-refractivity contribution >= 4 is 22.0 Å². The Morgan fingerprint density at radius 3 is 3.06 bits per heavy atom. The van der Waals surface area contributed by atoms with Gasteiger partial charge in [0.15, 0.2) is 5.01 Å². The maximum atomic E-state index is 10.0. The van der Waals surface area contributed by atoms with Gasteiger partial charge in [-0.3, -0.25) is 0 Å². The van der Waals surface area contributed by atoms with E-state index in [1.54, 1.807) is 23.0 Å². The molecule has 2 aromatic heterocycles. The number of phenolic OH excluding ortho intramolecular Hbond substituents is 1. The Labute approximate surface area is 100 Å². The minimum atomic E-state index is 0.212. The van der Waals surface area contributed by atoms with E-state index in [9.17, 15) is 5.11 Å². The monoisotopic (exact) mass is 248 g/mol. The summed E-state index contributed by atoms with van der Waals surface area (Å²) >= 11 is 1.41. The number of hydrogen-bond acceptors (Lipinski definition) is 5. The second-order valence-corrected chi connectivity index (χ2v) is 4.72. The summed E-state index contributed by atoms with van der Waals surface area (Å²) in [5, 5.41) is 21.7. The van der Waals surface area contributed by atoms with Crippen molar-refractivity contribution in [3.8, 4) is 16.3 Å². The number of nitrogens with zero attached hydrogens (tertiary/aromatic N) is 3. The summed E-state index contributed by atoms with van der Waals surface area (Å²) < 4.78 is 1.62. The van der Waals surface area contributed by atoms with Crippen LogP contribution in [0.3, 0.4) is 0 Å². The molecule has 17 heavy (non-hydrogen) atoms. The van der Waals surface area contributed by atoms with Gasteiger partial charge in [0.25, 0.3) is 6.33 Å². The van der Waals surface area contributed by atoms with Crippen molar-refractivity contribution in [1.82, 2.24) is 15.3 Å². The summed E-state index contributed by atoms with van der Waals surface area (Å²) in [6.07, 6.45) is 1.57. The number of H-pyrrole nitrogens is 1. The molecule has 4 N–H and O–H groups in total. The van der Waals surface area contributed by atoms with E-state index in [1.165, 1.54) is 11.3 Å². The fraction of sp³-hybridized carbons (Fsp3) is 0.100. The summed E-state index contributed by atoms with van der Waals surface area (Å²) in [5.74, 6) is 0.212. The SMILES string of the molecule is Cc1cc(N)cc(-c2n[n+]3cn[nH]c3s2)c1O. The molecule has 2 heterocycles. The van der Waals surface area contributed by atoms with Crippen molar-refractivity contribution in [2.45, 2.75) is 6.92 Å². The molecule has 7 heteroatoms. The number of nitrogens with two attached hydrogens (primary N) is 1. The van der Waals surface area contributed by atoms with Crippen molar-refractivity contribution < 1.29 is 9.62 Å². The molecule has 6 nitrogen and oxygen atoms in total. The van der Waals surface area contributed by atoms with E-state index in [0.717, 1.165) is 10.5 Å². The number of aromatic hydroxyl groups is 1. The molecule has 1 aromatic carbocycles. The van der Waals surface area contributed by atoms with E-state index < -0.39 is 0 Å². The number of nitrogen functional groups attached to an aromatic ring is 1. The summed E-state index contributed by atoms with van der Waals surface area (Å²) in [4.78, 5) is 0.805. The molecular formula is C10H10N5OS+. The summed E-state index contributed by atoms with van der Waals surface area (Å²) in [5.41, 5.74) is 7.76. The van der Waals surface area contributed by atoms with Crippen LogP contribution in [-0.4, -0.2) is 20.4 Å². The highest BCUT2D eigenvalue weighted by Crippen LogP contribution is 2.35. The largest absolute Gasteiger partial charge is 0.507 e. The first kappa shape index (κ1) is 10.0. The fourth-order valence-electron chi connectivity index (χ4n) is 1.67. The van der Waals surface area contributed by atoms with E-state index in [0.29, 0.717) is 16.3 Å². The number of aromatic amines is 1. The molecule has 0 saturated heterocycles. The first-order chi connectivity index (χ1) is 8.15. The van der Waals surface area contributed by atoms with E-state index >= 15 is 0 Å². The number of fused-ring (bicyclic) bond motifs is 1. The van der Waals surface area contributed by atoms with Crippen molar-refractivity contribution in [3.63, 3.8) is 0 Å². The molecule has 0 aliphatic carbocycles. The third-order valence-corrected chi connectivity index (χ3v) is 3.45. The van der Waals surface area contributed by atoms with Crippen LogP contribution in [-0.2, 0) is 0 Å². The van der Waals surface area contributed by atoms with Crippen LogP contribution < -0.4 is 10.2 Å². The van der Waals surface area contributed by atoms with Crippen molar-refractivity contribution in [1.29, 1.82) is 0 Å². The number of phenols is 1. The summed E-state index contributed by atoms with van der Waals surface area (Å²) in [7, 11) is 0.